The Morgan fingerprint density at radius 2 is 1.61 bits per heavy atom. The summed E-state index contributed by atoms with van der Waals surface area (Å²) < 4.78 is 28.4. The van der Waals surface area contributed by atoms with Crippen LogP contribution in [0.5, 0.6) is 23.0 Å². The molecule has 2 saturated heterocycles. The van der Waals surface area contributed by atoms with Gasteiger partial charge in [-0.1, -0.05) is 26.0 Å². The van der Waals surface area contributed by atoms with Crippen molar-refractivity contribution in [1.82, 2.24) is 0 Å². The van der Waals surface area contributed by atoms with Crippen LogP contribution in [0.3, 0.4) is 0 Å². The summed E-state index contributed by atoms with van der Waals surface area (Å²) in [6.07, 6.45) is -5.37. The van der Waals surface area contributed by atoms with Gasteiger partial charge in [-0.3, -0.25) is 0 Å². The van der Waals surface area contributed by atoms with Gasteiger partial charge < -0.3 is 59.4 Å². The number of hydrogen-bond acceptors (Lipinski definition) is 13. The number of esters is 1. The minimum atomic E-state index is -1.35. The number of ether oxygens (including phenoxy) is 5. The Morgan fingerprint density at radius 1 is 0.864 bits per heavy atom. The molecule has 0 unspecified atom stereocenters. The highest BCUT2D eigenvalue weighted by molar-refractivity contribution is 5.89. The van der Waals surface area contributed by atoms with E-state index in [0.717, 1.165) is 6.08 Å². The van der Waals surface area contributed by atoms with Crippen LogP contribution in [0.15, 0.2) is 42.5 Å². The van der Waals surface area contributed by atoms with Gasteiger partial charge in [-0.25, -0.2) is 4.79 Å². The minimum Gasteiger partial charge on any atom is -0.504 e. The number of carbonyl (C=O) groups is 1. The predicted octanol–water partition coefficient (Wildman–Crippen LogP) is 1.18. The summed E-state index contributed by atoms with van der Waals surface area (Å²) >= 11 is 0. The number of aromatic hydroxyl groups is 3. The van der Waals surface area contributed by atoms with Crippen LogP contribution in [-0.4, -0.2) is 104 Å². The largest absolute Gasteiger partial charge is 0.504 e. The van der Waals surface area contributed by atoms with Crippen LogP contribution < -0.4 is 4.74 Å². The molecule has 0 aliphatic carbocycles. The molecule has 2 aliphatic heterocycles. The molecule has 2 fully saturated rings. The third-order valence-electron chi connectivity index (χ3n) is 8.03. The third kappa shape index (κ3) is 7.86. The van der Waals surface area contributed by atoms with Gasteiger partial charge in [0.25, 0.3) is 0 Å². The highest BCUT2D eigenvalue weighted by Crippen LogP contribution is 2.34. The van der Waals surface area contributed by atoms with Gasteiger partial charge in [0, 0.05) is 17.9 Å². The van der Waals surface area contributed by atoms with E-state index < -0.39 is 67.7 Å². The van der Waals surface area contributed by atoms with E-state index in [9.17, 15) is 40.5 Å². The number of aliphatic hydroxyl groups excluding tert-OH is 4. The molecule has 2 heterocycles. The van der Waals surface area contributed by atoms with Gasteiger partial charge in [-0.2, -0.15) is 0 Å². The lowest BCUT2D eigenvalue weighted by atomic mass is 9.90. The van der Waals surface area contributed by atoms with Crippen molar-refractivity contribution >= 4 is 12.0 Å². The summed E-state index contributed by atoms with van der Waals surface area (Å²) in [5, 5.41) is 71.0. The molecular formula is C31H40O13. The molecule has 0 aromatic heterocycles. The third-order valence-corrected chi connectivity index (χ3v) is 8.03. The summed E-state index contributed by atoms with van der Waals surface area (Å²) in [5.41, 5.74) is 1.11. The number of benzene rings is 2. The van der Waals surface area contributed by atoms with Crippen molar-refractivity contribution in [2.75, 3.05) is 13.2 Å². The van der Waals surface area contributed by atoms with Gasteiger partial charge in [-0.05, 0) is 54.8 Å². The van der Waals surface area contributed by atoms with Crippen molar-refractivity contribution < 1.29 is 64.2 Å². The molecule has 2 aromatic rings. The number of phenolic OH excluding ortho intramolecular Hbond substituents is 3. The molecule has 2 aromatic carbocycles. The van der Waals surface area contributed by atoms with Crippen molar-refractivity contribution in [2.45, 2.75) is 76.4 Å². The monoisotopic (exact) mass is 620 g/mol. The molecule has 2 aliphatic rings. The predicted molar refractivity (Wildman–Crippen MR) is 154 cm³/mol. The fourth-order valence-corrected chi connectivity index (χ4v) is 5.04. The van der Waals surface area contributed by atoms with Crippen molar-refractivity contribution in [3.8, 4) is 23.0 Å². The lowest BCUT2D eigenvalue weighted by molar-refractivity contribution is -0.345. The highest BCUT2D eigenvalue weighted by atomic mass is 16.7. The molecule has 0 saturated carbocycles. The van der Waals surface area contributed by atoms with E-state index >= 15 is 0 Å². The molecule has 13 heteroatoms. The van der Waals surface area contributed by atoms with Gasteiger partial charge in [0.05, 0.1) is 31.5 Å². The smallest absolute Gasteiger partial charge is 0.336 e. The molecule has 4 rings (SSSR count). The molecular weight excluding hydrogens is 580 g/mol. The van der Waals surface area contributed by atoms with Gasteiger partial charge >= 0.3 is 5.97 Å². The molecule has 242 valence electrons. The Morgan fingerprint density at radius 3 is 2.30 bits per heavy atom. The average Bonchev–Trinajstić information content (AvgIpc) is 3.00. The van der Waals surface area contributed by atoms with Crippen LogP contribution in [0.1, 0.15) is 31.9 Å². The molecule has 13 nitrogen and oxygen atoms in total. The van der Waals surface area contributed by atoms with Gasteiger partial charge in [0.2, 0.25) is 0 Å². The lowest BCUT2D eigenvalue weighted by Crippen LogP contribution is -2.61. The molecule has 0 radical (unpaired) electrons. The summed E-state index contributed by atoms with van der Waals surface area (Å²) in [4.78, 5) is 12.2. The minimum absolute atomic E-state index is 0.0644. The number of phenols is 3. The van der Waals surface area contributed by atoms with Crippen LogP contribution in [0.2, 0.25) is 0 Å². The second-order valence-corrected chi connectivity index (χ2v) is 11.2. The van der Waals surface area contributed by atoms with Crippen LogP contribution in [0.25, 0.3) is 6.08 Å². The first-order valence-corrected chi connectivity index (χ1v) is 14.4. The summed E-state index contributed by atoms with van der Waals surface area (Å²) in [6, 6.07) is 8.53. The Bertz CT molecular complexity index is 1300. The quantitative estimate of drug-likeness (QED) is 0.0864. The maximum Gasteiger partial charge on any atom is 0.336 e. The number of aliphatic hydroxyl groups is 4. The Hall–Kier alpha value is -3.27. The summed E-state index contributed by atoms with van der Waals surface area (Å²) in [5.74, 6) is -2.65. The van der Waals surface area contributed by atoms with E-state index in [1.54, 1.807) is 26.8 Å². The van der Waals surface area contributed by atoms with E-state index in [4.69, 9.17) is 23.7 Å². The normalized spacial score (nSPS) is 32.5. The van der Waals surface area contributed by atoms with Gasteiger partial charge in [0.15, 0.2) is 35.6 Å². The van der Waals surface area contributed by atoms with E-state index in [1.807, 2.05) is 0 Å². The van der Waals surface area contributed by atoms with E-state index in [1.165, 1.54) is 36.4 Å². The maximum absolute atomic E-state index is 12.2. The zero-order valence-electron chi connectivity index (χ0n) is 24.6. The van der Waals surface area contributed by atoms with Crippen molar-refractivity contribution in [3.63, 3.8) is 0 Å². The topological polar surface area (TPSA) is 205 Å². The number of hydrogen-bond donors (Lipinski definition) is 7. The lowest BCUT2D eigenvalue weighted by Gasteiger charge is -2.46. The number of rotatable bonds is 10. The molecule has 0 amide bonds. The van der Waals surface area contributed by atoms with Crippen molar-refractivity contribution in [3.05, 3.63) is 53.6 Å². The average molecular weight is 621 g/mol. The van der Waals surface area contributed by atoms with Gasteiger partial charge in [0.1, 0.15) is 18.3 Å². The highest BCUT2D eigenvalue weighted by Gasteiger charge is 2.48. The molecule has 0 bridgehead atoms. The zero-order chi connectivity index (χ0) is 32.1. The van der Waals surface area contributed by atoms with Crippen LogP contribution in [0, 0.1) is 11.8 Å². The van der Waals surface area contributed by atoms with Crippen molar-refractivity contribution in [1.29, 1.82) is 0 Å². The summed E-state index contributed by atoms with van der Waals surface area (Å²) in [6.45, 7) is 4.79. The fraction of sp³-hybridized carbons (Fsp3) is 0.516. The molecule has 44 heavy (non-hydrogen) atoms. The molecule has 7 N–H and O–H groups in total. The standard InChI is InChI=1S/C31H40O13/c1-15-17(3)41-31(28(39)26(15)37)44-29-24(14-32)43-30(16(2)27(29)38)40-11-10-19-5-8-23(22(35)13-19)42-25(36)9-6-18-4-7-20(33)21(34)12-18/h4-9,12-13,15-17,24,26-35,37-39H,10-11,14H2,1-3H3/b9-6+/t15-,16-,17-,24-,26+,27-,28+,29+,30-,31+/m1/s1. The van der Waals surface area contributed by atoms with E-state index in [0.29, 0.717) is 17.5 Å². The number of carbonyl (C=O) groups excluding carboxylic acids is 1. The molecule has 0 spiro atoms. The maximum atomic E-state index is 12.2. The summed E-state index contributed by atoms with van der Waals surface area (Å²) in [7, 11) is 0. The first-order chi connectivity index (χ1) is 20.9. The first-order valence-electron chi connectivity index (χ1n) is 14.4. The van der Waals surface area contributed by atoms with Crippen LogP contribution >= 0.6 is 0 Å². The Labute approximate surface area is 254 Å². The van der Waals surface area contributed by atoms with Gasteiger partial charge in [-0.15, -0.1) is 0 Å². The Balaban J connectivity index is 1.28. The first kappa shape index (κ1) is 33.6. The second-order valence-electron chi connectivity index (χ2n) is 11.2. The SMILES string of the molecule is C[C@H]1[C@H](OCCc2ccc(OC(=O)/C=C/c3ccc(O)c(O)c3)c(O)c2)O[C@H](CO)[C@H](O[C@@H]2O[C@H](C)[C@@H](C)[C@H](O)[C@@H]2O)[C@@H]1O. The Kier molecular flexibility index (Phi) is 11.2. The van der Waals surface area contributed by atoms with Crippen LogP contribution in [0.4, 0.5) is 0 Å². The molecule has 10 atom stereocenters. The second kappa shape index (κ2) is 14.7. The van der Waals surface area contributed by atoms with E-state index in [2.05, 4.69) is 0 Å². The van der Waals surface area contributed by atoms with Crippen LogP contribution in [-0.2, 0) is 30.2 Å². The van der Waals surface area contributed by atoms with Crippen molar-refractivity contribution in [2.24, 2.45) is 11.8 Å². The zero-order valence-corrected chi connectivity index (χ0v) is 24.6. The van der Waals surface area contributed by atoms with E-state index in [-0.39, 0.29) is 35.5 Å². The fourth-order valence-electron chi connectivity index (χ4n) is 5.04.